The average molecular weight is 263 g/mol. The third-order valence-corrected chi connectivity index (χ3v) is 4.17. The van der Waals surface area contributed by atoms with Crippen LogP contribution in [0.5, 0.6) is 0 Å². The second-order valence-corrected chi connectivity index (χ2v) is 5.28. The number of fused-ring (bicyclic) bond motifs is 1. The van der Waals surface area contributed by atoms with Crippen molar-refractivity contribution in [2.45, 2.75) is 26.2 Å². The van der Waals surface area contributed by atoms with Crippen LogP contribution in [0.4, 0.5) is 0 Å². The average Bonchev–Trinajstić information content (AvgIpc) is 3.03. The number of H-pyrrole nitrogens is 1. The minimum atomic E-state index is -0.482. The number of carbonyl (C=O) groups excluding carboxylic acids is 1. The van der Waals surface area contributed by atoms with Crippen LogP contribution in [0.15, 0.2) is 6.07 Å². The highest BCUT2D eigenvalue weighted by Crippen LogP contribution is 2.35. The van der Waals surface area contributed by atoms with E-state index in [0.717, 1.165) is 17.7 Å². The summed E-state index contributed by atoms with van der Waals surface area (Å²) in [6.07, 6.45) is 3.54. The number of carbonyl (C=O) groups is 1. The van der Waals surface area contributed by atoms with Crippen molar-refractivity contribution >= 4 is 17.3 Å². The van der Waals surface area contributed by atoms with Gasteiger partial charge in [0, 0.05) is 4.88 Å². The summed E-state index contributed by atoms with van der Waals surface area (Å²) < 4.78 is 4.86. The zero-order chi connectivity index (χ0) is 12.5. The standard InChI is InChI=1S/C12H13N3O2S/c1-2-17-12(16)11-13-10(14-15-11)9-6-7-4-3-5-8(7)18-9/h6H,2-5H2,1H3,(H,13,14,15). The fourth-order valence-corrected chi connectivity index (χ4v) is 3.30. The van der Waals surface area contributed by atoms with E-state index in [1.54, 1.807) is 18.3 Å². The van der Waals surface area contributed by atoms with Gasteiger partial charge in [-0.3, -0.25) is 5.10 Å². The lowest BCUT2D eigenvalue weighted by Crippen LogP contribution is -2.06. The molecule has 0 saturated heterocycles. The van der Waals surface area contributed by atoms with Crippen LogP contribution in [-0.2, 0) is 17.6 Å². The molecule has 0 fully saturated rings. The lowest BCUT2D eigenvalue weighted by Gasteiger charge is -1.94. The third kappa shape index (κ3) is 1.92. The summed E-state index contributed by atoms with van der Waals surface area (Å²) in [6.45, 7) is 2.09. The van der Waals surface area contributed by atoms with Crippen molar-refractivity contribution in [3.8, 4) is 10.7 Å². The van der Waals surface area contributed by atoms with Crippen molar-refractivity contribution in [1.29, 1.82) is 0 Å². The van der Waals surface area contributed by atoms with Gasteiger partial charge >= 0.3 is 5.97 Å². The fraction of sp³-hybridized carbons (Fsp3) is 0.417. The molecular formula is C12H13N3O2S. The molecule has 0 aliphatic heterocycles. The Morgan fingerprint density at radius 1 is 1.56 bits per heavy atom. The Hall–Kier alpha value is -1.69. The van der Waals surface area contributed by atoms with Crippen LogP contribution >= 0.6 is 11.3 Å². The van der Waals surface area contributed by atoms with Gasteiger partial charge in [0.2, 0.25) is 0 Å². The molecule has 1 aliphatic rings. The number of esters is 1. The molecule has 0 amide bonds. The molecule has 2 aromatic rings. The molecule has 94 valence electrons. The van der Waals surface area contributed by atoms with Crippen molar-refractivity contribution < 1.29 is 9.53 Å². The zero-order valence-corrected chi connectivity index (χ0v) is 10.8. The van der Waals surface area contributed by atoms with Crippen molar-refractivity contribution in [3.63, 3.8) is 0 Å². The van der Waals surface area contributed by atoms with Crippen molar-refractivity contribution in [2.24, 2.45) is 0 Å². The molecule has 0 unspecified atom stereocenters. The van der Waals surface area contributed by atoms with E-state index in [0.29, 0.717) is 12.4 Å². The summed E-state index contributed by atoms with van der Waals surface area (Å²) in [5.74, 6) is 0.266. The highest BCUT2D eigenvalue weighted by Gasteiger charge is 2.19. The Balaban J connectivity index is 1.86. The van der Waals surface area contributed by atoms with Gasteiger partial charge in [0.05, 0.1) is 11.5 Å². The van der Waals surface area contributed by atoms with Gasteiger partial charge in [-0.25, -0.2) is 9.78 Å². The third-order valence-electron chi connectivity index (χ3n) is 2.92. The van der Waals surface area contributed by atoms with Gasteiger partial charge in [-0.2, -0.15) is 0 Å². The molecule has 2 aromatic heterocycles. The summed E-state index contributed by atoms with van der Waals surface area (Å²) in [7, 11) is 0. The quantitative estimate of drug-likeness (QED) is 0.862. The highest BCUT2D eigenvalue weighted by molar-refractivity contribution is 7.15. The molecule has 0 spiro atoms. The van der Waals surface area contributed by atoms with E-state index >= 15 is 0 Å². The molecule has 2 heterocycles. The monoisotopic (exact) mass is 263 g/mol. The maximum atomic E-state index is 11.5. The number of thiophene rings is 1. The summed E-state index contributed by atoms with van der Waals surface area (Å²) in [5.41, 5.74) is 1.41. The Bertz CT molecular complexity index is 566. The van der Waals surface area contributed by atoms with E-state index in [1.165, 1.54) is 16.9 Å². The van der Waals surface area contributed by atoms with E-state index in [1.807, 2.05) is 0 Å². The van der Waals surface area contributed by atoms with Crippen LogP contribution in [0.25, 0.3) is 10.7 Å². The van der Waals surface area contributed by atoms with E-state index in [4.69, 9.17) is 4.74 Å². The van der Waals surface area contributed by atoms with Gasteiger partial charge in [-0.05, 0) is 37.8 Å². The number of hydrogen-bond donors (Lipinski definition) is 1. The molecule has 0 saturated carbocycles. The van der Waals surface area contributed by atoms with Crippen LogP contribution in [0.1, 0.15) is 34.4 Å². The number of hydrogen-bond acceptors (Lipinski definition) is 5. The molecular weight excluding hydrogens is 250 g/mol. The number of aryl methyl sites for hydroxylation is 2. The Morgan fingerprint density at radius 3 is 3.22 bits per heavy atom. The minimum Gasteiger partial charge on any atom is -0.460 e. The predicted molar refractivity (Wildman–Crippen MR) is 67.7 cm³/mol. The molecule has 5 nitrogen and oxygen atoms in total. The number of nitrogens with one attached hydrogen (secondary N) is 1. The van der Waals surface area contributed by atoms with E-state index in [-0.39, 0.29) is 5.82 Å². The normalized spacial score (nSPS) is 13.6. The maximum Gasteiger partial charge on any atom is 0.378 e. The summed E-state index contributed by atoms with van der Waals surface area (Å²) in [5, 5.41) is 6.69. The van der Waals surface area contributed by atoms with Crippen LogP contribution in [0.2, 0.25) is 0 Å². The first-order valence-corrected chi connectivity index (χ1v) is 6.81. The second kappa shape index (κ2) is 4.53. The molecule has 0 atom stereocenters. The first-order valence-electron chi connectivity index (χ1n) is 5.99. The van der Waals surface area contributed by atoms with Gasteiger partial charge in [0.25, 0.3) is 5.82 Å². The van der Waals surface area contributed by atoms with Crippen LogP contribution in [0, 0.1) is 0 Å². The molecule has 6 heteroatoms. The molecule has 0 radical (unpaired) electrons. The van der Waals surface area contributed by atoms with Gasteiger partial charge in [-0.15, -0.1) is 16.4 Å². The number of aromatic nitrogens is 3. The largest absolute Gasteiger partial charge is 0.460 e. The number of ether oxygens (including phenoxy) is 1. The van der Waals surface area contributed by atoms with E-state index in [9.17, 15) is 4.79 Å². The van der Waals surface area contributed by atoms with Gasteiger partial charge in [-0.1, -0.05) is 0 Å². The van der Waals surface area contributed by atoms with Crippen molar-refractivity contribution in [2.75, 3.05) is 6.61 Å². The van der Waals surface area contributed by atoms with Crippen molar-refractivity contribution in [3.05, 3.63) is 22.3 Å². The molecule has 1 N–H and O–H groups in total. The van der Waals surface area contributed by atoms with Gasteiger partial charge in [0.15, 0.2) is 5.82 Å². The fourth-order valence-electron chi connectivity index (χ4n) is 2.10. The number of nitrogens with zero attached hydrogens (tertiary/aromatic N) is 2. The number of rotatable bonds is 3. The second-order valence-electron chi connectivity index (χ2n) is 4.14. The van der Waals surface area contributed by atoms with Crippen LogP contribution in [0.3, 0.4) is 0 Å². The zero-order valence-electron chi connectivity index (χ0n) is 10.0. The topological polar surface area (TPSA) is 67.9 Å². The van der Waals surface area contributed by atoms with Gasteiger partial charge < -0.3 is 4.74 Å². The van der Waals surface area contributed by atoms with Crippen molar-refractivity contribution in [1.82, 2.24) is 15.2 Å². The van der Waals surface area contributed by atoms with E-state index in [2.05, 4.69) is 21.2 Å². The summed E-state index contributed by atoms with van der Waals surface area (Å²) >= 11 is 1.73. The first kappa shape index (κ1) is 11.4. The Morgan fingerprint density at radius 2 is 2.44 bits per heavy atom. The van der Waals surface area contributed by atoms with Gasteiger partial charge in [0.1, 0.15) is 0 Å². The summed E-state index contributed by atoms with van der Waals surface area (Å²) in [6, 6.07) is 2.14. The summed E-state index contributed by atoms with van der Waals surface area (Å²) in [4.78, 5) is 18.1. The molecule has 0 aromatic carbocycles. The Kier molecular flexibility index (Phi) is 2.87. The predicted octanol–water partition coefficient (Wildman–Crippen LogP) is 2.20. The smallest absolute Gasteiger partial charge is 0.378 e. The Labute approximate surface area is 108 Å². The molecule has 18 heavy (non-hydrogen) atoms. The maximum absolute atomic E-state index is 11.5. The molecule has 3 rings (SSSR count). The first-order chi connectivity index (χ1) is 8.78. The highest BCUT2D eigenvalue weighted by atomic mass is 32.1. The number of aromatic amines is 1. The lowest BCUT2D eigenvalue weighted by atomic mass is 10.2. The van der Waals surface area contributed by atoms with E-state index < -0.39 is 5.97 Å². The van der Waals surface area contributed by atoms with Crippen LogP contribution in [-0.4, -0.2) is 27.8 Å². The van der Waals surface area contributed by atoms with Crippen LogP contribution < -0.4 is 0 Å². The SMILES string of the molecule is CCOC(=O)c1n[nH]c(-c2cc3c(s2)CCC3)n1. The molecule has 0 bridgehead atoms. The lowest BCUT2D eigenvalue weighted by molar-refractivity contribution is 0.0512. The molecule has 1 aliphatic carbocycles. The minimum absolute atomic E-state index is 0.0976.